The SMILES string of the molecule is O=[N+]([O-])C1CCC(C/C=C/O)CC1. The van der Waals surface area contributed by atoms with Gasteiger partial charge in [-0.15, -0.1) is 0 Å². The van der Waals surface area contributed by atoms with E-state index in [2.05, 4.69) is 0 Å². The smallest absolute Gasteiger partial charge is 0.213 e. The molecule has 1 aliphatic rings. The van der Waals surface area contributed by atoms with E-state index < -0.39 is 0 Å². The molecule has 0 saturated heterocycles. The van der Waals surface area contributed by atoms with E-state index in [0.29, 0.717) is 18.8 Å². The lowest BCUT2D eigenvalue weighted by atomic mass is 9.84. The topological polar surface area (TPSA) is 63.4 Å². The zero-order chi connectivity index (χ0) is 9.68. The molecular weight excluding hydrogens is 170 g/mol. The van der Waals surface area contributed by atoms with E-state index in [1.807, 2.05) is 0 Å². The fraction of sp³-hybridized carbons (Fsp3) is 0.778. The minimum atomic E-state index is -0.325. The average molecular weight is 185 g/mol. The highest BCUT2D eigenvalue weighted by molar-refractivity contribution is 4.80. The maximum atomic E-state index is 10.4. The molecule has 0 heterocycles. The van der Waals surface area contributed by atoms with Crippen LogP contribution in [0.2, 0.25) is 0 Å². The second kappa shape index (κ2) is 4.84. The first-order chi connectivity index (χ1) is 6.24. The van der Waals surface area contributed by atoms with E-state index in [-0.39, 0.29) is 11.0 Å². The van der Waals surface area contributed by atoms with Gasteiger partial charge in [0.1, 0.15) is 0 Å². The van der Waals surface area contributed by atoms with Gasteiger partial charge in [-0.2, -0.15) is 0 Å². The summed E-state index contributed by atoms with van der Waals surface area (Å²) in [7, 11) is 0. The van der Waals surface area contributed by atoms with E-state index in [9.17, 15) is 10.1 Å². The highest BCUT2D eigenvalue weighted by Gasteiger charge is 2.27. The van der Waals surface area contributed by atoms with Gasteiger partial charge >= 0.3 is 0 Å². The van der Waals surface area contributed by atoms with Crippen LogP contribution in [0, 0.1) is 16.0 Å². The molecule has 0 unspecified atom stereocenters. The maximum Gasteiger partial charge on any atom is 0.213 e. The number of rotatable bonds is 3. The van der Waals surface area contributed by atoms with Crippen LogP contribution in [0.25, 0.3) is 0 Å². The van der Waals surface area contributed by atoms with Gasteiger partial charge in [0.15, 0.2) is 0 Å². The van der Waals surface area contributed by atoms with E-state index >= 15 is 0 Å². The average Bonchev–Trinajstić information content (AvgIpc) is 2.15. The first-order valence-electron chi connectivity index (χ1n) is 4.66. The highest BCUT2D eigenvalue weighted by atomic mass is 16.6. The lowest BCUT2D eigenvalue weighted by Crippen LogP contribution is -2.25. The van der Waals surface area contributed by atoms with Gasteiger partial charge in [-0.3, -0.25) is 10.1 Å². The van der Waals surface area contributed by atoms with Crippen molar-refractivity contribution in [1.82, 2.24) is 0 Å². The monoisotopic (exact) mass is 185 g/mol. The van der Waals surface area contributed by atoms with Gasteiger partial charge in [0.2, 0.25) is 6.04 Å². The van der Waals surface area contributed by atoms with Gasteiger partial charge in [0.25, 0.3) is 0 Å². The number of nitro groups is 1. The van der Waals surface area contributed by atoms with Crippen molar-refractivity contribution in [2.24, 2.45) is 5.92 Å². The number of hydrogen-bond acceptors (Lipinski definition) is 3. The molecule has 0 aliphatic heterocycles. The van der Waals surface area contributed by atoms with Crippen molar-refractivity contribution in [1.29, 1.82) is 0 Å². The van der Waals surface area contributed by atoms with Crippen molar-refractivity contribution in [3.63, 3.8) is 0 Å². The Bertz CT molecular complexity index is 195. The fourth-order valence-corrected chi connectivity index (χ4v) is 1.84. The quantitative estimate of drug-likeness (QED) is 0.417. The zero-order valence-corrected chi connectivity index (χ0v) is 7.56. The second-order valence-corrected chi connectivity index (χ2v) is 3.58. The first-order valence-corrected chi connectivity index (χ1v) is 4.66. The summed E-state index contributed by atoms with van der Waals surface area (Å²) in [5, 5.41) is 18.9. The normalized spacial score (nSPS) is 29.2. The number of aliphatic hydroxyl groups is 1. The van der Waals surface area contributed by atoms with Crippen LogP contribution in [0.5, 0.6) is 0 Å². The molecule has 1 fully saturated rings. The minimum Gasteiger partial charge on any atom is -0.516 e. The molecule has 0 spiro atoms. The summed E-state index contributed by atoms with van der Waals surface area (Å²) in [6.07, 6.45) is 6.83. The van der Waals surface area contributed by atoms with Crippen LogP contribution in [0.4, 0.5) is 0 Å². The summed E-state index contributed by atoms with van der Waals surface area (Å²) in [4.78, 5) is 10.3. The molecule has 1 saturated carbocycles. The largest absolute Gasteiger partial charge is 0.516 e. The van der Waals surface area contributed by atoms with Crippen LogP contribution < -0.4 is 0 Å². The molecule has 4 nitrogen and oxygen atoms in total. The molecule has 1 N–H and O–H groups in total. The molecule has 13 heavy (non-hydrogen) atoms. The van der Waals surface area contributed by atoms with E-state index in [0.717, 1.165) is 25.5 Å². The van der Waals surface area contributed by atoms with Gasteiger partial charge in [0.05, 0.1) is 6.26 Å². The molecule has 0 amide bonds. The molecule has 0 radical (unpaired) electrons. The summed E-state index contributed by atoms with van der Waals surface area (Å²) in [5.74, 6) is 0.527. The lowest BCUT2D eigenvalue weighted by molar-refractivity contribution is -0.527. The van der Waals surface area contributed by atoms with E-state index in [1.165, 1.54) is 0 Å². The molecule has 0 atom stereocenters. The molecule has 1 rings (SSSR count). The number of aliphatic hydroxyl groups excluding tert-OH is 1. The standard InChI is InChI=1S/C9H15NO3/c11-7-1-2-8-3-5-9(6-4-8)10(12)13/h1,7-9,11H,2-6H2/b7-1+. The van der Waals surface area contributed by atoms with Crippen molar-refractivity contribution >= 4 is 0 Å². The van der Waals surface area contributed by atoms with Crippen molar-refractivity contribution < 1.29 is 10.0 Å². The number of nitrogens with zero attached hydrogens (tertiary/aromatic N) is 1. The molecular formula is C9H15NO3. The van der Waals surface area contributed by atoms with Crippen LogP contribution in [-0.4, -0.2) is 16.1 Å². The third-order valence-corrected chi connectivity index (χ3v) is 2.69. The van der Waals surface area contributed by atoms with Crippen molar-refractivity contribution in [3.8, 4) is 0 Å². The fourth-order valence-electron chi connectivity index (χ4n) is 1.84. The van der Waals surface area contributed by atoms with Crippen LogP contribution in [0.1, 0.15) is 32.1 Å². The third kappa shape index (κ3) is 3.05. The van der Waals surface area contributed by atoms with Gasteiger partial charge in [-0.1, -0.05) is 0 Å². The molecule has 0 bridgehead atoms. The number of allylic oxidation sites excluding steroid dienone is 1. The van der Waals surface area contributed by atoms with Crippen molar-refractivity contribution in [2.75, 3.05) is 0 Å². The Labute approximate surface area is 77.4 Å². The Balaban J connectivity index is 2.26. The van der Waals surface area contributed by atoms with Gasteiger partial charge < -0.3 is 5.11 Å². The van der Waals surface area contributed by atoms with E-state index in [1.54, 1.807) is 6.08 Å². The third-order valence-electron chi connectivity index (χ3n) is 2.69. The van der Waals surface area contributed by atoms with Gasteiger partial charge in [-0.05, 0) is 31.3 Å². The lowest BCUT2D eigenvalue weighted by Gasteiger charge is -2.22. The Morgan fingerprint density at radius 1 is 1.38 bits per heavy atom. The summed E-state index contributed by atoms with van der Waals surface area (Å²) < 4.78 is 0. The molecule has 0 aromatic carbocycles. The van der Waals surface area contributed by atoms with Crippen molar-refractivity contribution in [3.05, 3.63) is 22.5 Å². The predicted molar refractivity (Wildman–Crippen MR) is 49.1 cm³/mol. The second-order valence-electron chi connectivity index (χ2n) is 3.58. The Morgan fingerprint density at radius 2 is 2.00 bits per heavy atom. The van der Waals surface area contributed by atoms with Crippen LogP contribution in [0.15, 0.2) is 12.3 Å². The Morgan fingerprint density at radius 3 is 2.46 bits per heavy atom. The summed E-state index contributed by atoms with van der Waals surface area (Å²) in [5.41, 5.74) is 0. The zero-order valence-electron chi connectivity index (χ0n) is 7.56. The van der Waals surface area contributed by atoms with Crippen LogP contribution >= 0.6 is 0 Å². The van der Waals surface area contributed by atoms with Crippen LogP contribution in [0.3, 0.4) is 0 Å². The molecule has 4 heteroatoms. The minimum absolute atomic E-state index is 0.169. The Hall–Kier alpha value is -1.06. The maximum absolute atomic E-state index is 10.4. The van der Waals surface area contributed by atoms with E-state index in [4.69, 9.17) is 5.11 Å². The summed E-state index contributed by atoms with van der Waals surface area (Å²) >= 11 is 0. The molecule has 1 aliphatic carbocycles. The molecule has 0 aromatic rings. The van der Waals surface area contributed by atoms with Gasteiger partial charge in [-0.25, -0.2) is 0 Å². The molecule has 0 aromatic heterocycles. The number of hydrogen-bond donors (Lipinski definition) is 1. The van der Waals surface area contributed by atoms with Crippen molar-refractivity contribution in [2.45, 2.75) is 38.1 Å². The molecule has 74 valence electrons. The first kappa shape index (κ1) is 10.0. The van der Waals surface area contributed by atoms with Gasteiger partial charge in [0, 0.05) is 17.8 Å². The summed E-state index contributed by atoms with van der Waals surface area (Å²) in [6.45, 7) is 0. The van der Waals surface area contributed by atoms with Crippen LogP contribution in [-0.2, 0) is 0 Å². The highest BCUT2D eigenvalue weighted by Crippen LogP contribution is 2.28. The predicted octanol–water partition coefficient (Wildman–Crippen LogP) is 2.28. The summed E-state index contributed by atoms with van der Waals surface area (Å²) in [6, 6.07) is -0.325. The Kier molecular flexibility index (Phi) is 3.73.